The first-order valence-electron chi connectivity index (χ1n) is 11.4. The number of anilines is 3. The summed E-state index contributed by atoms with van der Waals surface area (Å²) in [7, 11) is 0. The van der Waals surface area contributed by atoms with E-state index < -0.39 is 5.82 Å². The molecule has 2 heterocycles. The number of aromatic nitrogens is 2. The van der Waals surface area contributed by atoms with Gasteiger partial charge in [-0.15, -0.1) is 0 Å². The Balaban J connectivity index is 1.31. The van der Waals surface area contributed by atoms with Gasteiger partial charge in [0.2, 0.25) is 5.91 Å². The number of hydrogen-bond acceptors (Lipinski definition) is 7. The molecule has 0 bridgehead atoms. The van der Waals surface area contributed by atoms with E-state index in [4.69, 9.17) is 21.1 Å². The van der Waals surface area contributed by atoms with Gasteiger partial charge in [-0.25, -0.2) is 14.4 Å². The van der Waals surface area contributed by atoms with Crippen LogP contribution < -0.4 is 15.4 Å². The molecule has 184 valence electrons. The lowest BCUT2D eigenvalue weighted by atomic mass is 10.2. The largest absolute Gasteiger partial charge is 0.456 e. The Labute approximate surface area is 212 Å². The molecule has 5 rings (SSSR count). The topological polar surface area (TPSA) is 88.6 Å². The highest BCUT2D eigenvalue weighted by Crippen LogP contribution is 2.33. The summed E-state index contributed by atoms with van der Waals surface area (Å²) in [5.74, 6) is 0.810. The molecule has 36 heavy (non-hydrogen) atoms. The van der Waals surface area contributed by atoms with Crippen LogP contribution in [0.4, 0.5) is 21.6 Å². The van der Waals surface area contributed by atoms with E-state index in [1.807, 2.05) is 18.2 Å². The van der Waals surface area contributed by atoms with Crippen LogP contribution in [-0.2, 0) is 9.53 Å². The maximum atomic E-state index is 13.4. The average Bonchev–Trinajstić information content (AvgIpc) is 2.87. The standard InChI is InChI=1S/C26H23ClFN5O3/c27-22-14-19(5-7-24(22)36-20-3-1-2-17(28)12-20)32-26-21-13-18(4-6-23(21)29-16-30-26)31-25(34)15-33-8-10-35-11-9-33/h1-7,12-14,16H,8-11,15H2,(H,31,34)(H,29,30,32). The van der Waals surface area contributed by atoms with E-state index in [-0.39, 0.29) is 5.91 Å². The van der Waals surface area contributed by atoms with Crippen LogP contribution >= 0.6 is 11.6 Å². The molecule has 1 amide bonds. The Hall–Kier alpha value is -3.79. The zero-order valence-corrected chi connectivity index (χ0v) is 20.0. The maximum absolute atomic E-state index is 13.4. The van der Waals surface area contributed by atoms with Crippen LogP contribution in [-0.4, -0.2) is 53.6 Å². The molecule has 0 unspecified atom stereocenters. The molecule has 0 radical (unpaired) electrons. The summed E-state index contributed by atoms with van der Waals surface area (Å²) in [4.78, 5) is 23.3. The van der Waals surface area contributed by atoms with Gasteiger partial charge in [0.15, 0.2) is 0 Å². The minimum atomic E-state index is -0.394. The van der Waals surface area contributed by atoms with E-state index in [2.05, 4.69) is 25.5 Å². The first kappa shape index (κ1) is 23.9. The number of hydrogen-bond donors (Lipinski definition) is 2. The van der Waals surface area contributed by atoms with Gasteiger partial charge in [0.1, 0.15) is 29.5 Å². The molecule has 0 atom stereocenters. The lowest BCUT2D eigenvalue weighted by Gasteiger charge is -2.25. The Morgan fingerprint density at radius 1 is 1.06 bits per heavy atom. The van der Waals surface area contributed by atoms with Crippen molar-refractivity contribution in [2.75, 3.05) is 43.5 Å². The summed E-state index contributed by atoms with van der Waals surface area (Å²) in [5.41, 5.74) is 2.04. The molecule has 0 aliphatic carbocycles. The third kappa shape index (κ3) is 5.88. The van der Waals surface area contributed by atoms with Crippen molar-refractivity contribution < 1.29 is 18.7 Å². The number of halogens is 2. The molecule has 1 aliphatic heterocycles. The number of nitrogens with zero attached hydrogens (tertiary/aromatic N) is 3. The van der Waals surface area contributed by atoms with Crippen molar-refractivity contribution >= 4 is 45.6 Å². The third-order valence-electron chi connectivity index (χ3n) is 5.61. The zero-order chi connectivity index (χ0) is 24.9. The molecule has 1 aliphatic rings. The van der Waals surface area contributed by atoms with Crippen LogP contribution in [0.25, 0.3) is 10.9 Å². The first-order chi connectivity index (χ1) is 17.5. The van der Waals surface area contributed by atoms with E-state index >= 15 is 0 Å². The van der Waals surface area contributed by atoms with E-state index in [1.165, 1.54) is 18.5 Å². The van der Waals surface area contributed by atoms with Crippen molar-refractivity contribution in [1.29, 1.82) is 0 Å². The lowest BCUT2D eigenvalue weighted by molar-refractivity contribution is -0.118. The third-order valence-corrected chi connectivity index (χ3v) is 5.90. The quantitative estimate of drug-likeness (QED) is 0.354. The predicted molar refractivity (Wildman–Crippen MR) is 137 cm³/mol. The van der Waals surface area contributed by atoms with Crippen LogP contribution in [0.1, 0.15) is 0 Å². The number of benzene rings is 3. The molecule has 0 spiro atoms. The van der Waals surface area contributed by atoms with E-state index in [9.17, 15) is 9.18 Å². The number of nitrogens with one attached hydrogen (secondary N) is 2. The number of carbonyl (C=O) groups is 1. The monoisotopic (exact) mass is 507 g/mol. The summed E-state index contributed by atoms with van der Waals surface area (Å²) in [6, 6.07) is 16.5. The Bertz CT molecular complexity index is 1400. The minimum absolute atomic E-state index is 0.0942. The van der Waals surface area contributed by atoms with Gasteiger partial charge in [0.25, 0.3) is 0 Å². The smallest absolute Gasteiger partial charge is 0.238 e. The second kappa shape index (κ2) is 10.9. The summed E-state index contributed by atoms with van der Waals surface area (Å²) < 4.78 is 24.5. The van der Waals surface area contributed by atoms with E-state index in [1.54, 1.807) is 30.3 Å². The highest BCUT2D eigenvalue weighted by Gasteiger charge is 2.15. The van der Waals surface area contributed by atoms with E-state index in [0.29, 0.717) is 53.5 Å². The Morgan fingerprint density at radius 3 is 2.69 bits per heavy atom. The fourth-order valence-electron chi connectivity index (χ4n) is 3.85. The molecule has 3 aromatic carbocycles. The van der Waals surface area contributed by atoms with Crippen molar-refractivity contribution in [2.45, 2.75) is 0 Å². The molecule has 10 heteroatoms. The van der Waals surface area contributed by atoms with Gasteiger partial charge in [-0.05, 0) is 48.5 Å². The van der Waals surface area contributed by atoms with Crippen molar-refractivity contribution in [2.24, 2.45) is 0 Å². The van der Waals surface area contributed by atoms with Gasteiger partial charge in [0, 0.05) is 35.9 Å². The second-order valence-electron chi connectivity index (χ2n) is 8.22. The maximum Gasteiger partial charge on any atom is 0.238 e. The Morgan fingerprint density at radius 2 is 1.89 bits per heavy atom. The van der Waals surface area contributed by atoms with Crippen LogP contribution in [0.15, 0.2) is 67.0 Å². The van der Waals surface area contributed by atoms with Crippen LogP contribution in [0.5, 0.6) is 11.5 Å². The SMILES string of the molecule is O=C(CN1CCOCC1)Nc1ccc2ncnc(Nc3ccc(Oc4cccc(F)c4)c(Cl)c3)c2c1. The number of carbonyl (C=O) groups excluding carboxylic acids is 1. The number of morpholine rings is 1. The van der Waals surface area contributed by atoms with E-state index in [0.717, 1.165) is 24.0 Å². The van der Waals surface area contributed by atoms with Crippen LogP contribution in [0.3, 0.4) is 0 Å². The summed E-state index contributed by atoms with van der Waals surface area (Å²) in [6.45, 7) is 3.05. The Kier molecular flexibility index (Phi) is 7.22. The van der Waals surface area contributed by atoms with Crippen molar-refractivity contribution in [1.82, 2.24) is 14.9 Å². The molecule has 8 nitrogen and oxygen atoms in total. The summed E-state index contributed by atoms with van der Waals surface area (Å²) in [5, 5.41) is 7.28. The van der Waals surface area contributed by atoms with Crippen LogP contribution in [0.2, 0.25) is 5.02 Å². The van der Waals surface area contributed by atoms with Gasteiger partial charge in [-0.3, -0.25) is 9.69 Å². The number of amides is 1. The van der Waals surface area contributed by atoms with Gasteiger partial charge in [-0.1, -0.05) is 17.7 Å². The van der Waals surface area contributed by atoms with Crippen molar-refractivity contribution in [3.05, 3.63) is 77.8 Å². The molecule has 1 aromatic heterocycles. The summed E-state index contributed by atoms with van der Waals surface area (Å²) in [6.07, 6.45) is 1.46. The first-order valence-corrected chi connectivity index (χ1v) is 11.8. The average molecular weight is 508 g/mol. The molecule has 1 fully saturated rings. The number of fused-ring (bicyclic) bond motifs is 1. The molecular weight excluding hydrogens is 485 g/mol. The van der Waals surface area contributed by atoms with Gasteiger partial charge in [0.05, 0.1) is 30.3 Å². The van der Waals surface area contributed by atoms with Gasteiger partial charge < -0.3 is 20.1 Å². The van der Waals surface area contributed by atoms with Crippen molar-refractivity contribution in [3.8, 4) is 11.5 Å². The molecule has 4 aromatic rings. The molecule has 2 N–H and O–H groups in total. The van der Waals surface area contributed by atoms with Gasteiger partial charge in [-0.2, -0.15) is 0 Å². The van der Waals surface area contributed by atoms with Crippen molar-refractivity contribution in [3.63, 3.8) is 0 Å². The lowest BCUT2D eigenvalue weighted by Crippen LogP contribution is -2.41. The minimum Gasteiger partial charge on any atom is -0.456 e. The fraction of sp³-hybridized carbons (Fsp3) is 0.192. The highest BCUT2D eigenvalue weighted by atomic mass is 35.5. The highest BCUT2D eigenvalue weighted by molar-refractivity contribution is 6.32. The predicted octanol–water partition coefficient (Wildman–Crippen LogP) is 5.23. The second-order valence-corrected chi connectivity index (χ2v) is 8.63. The number of rotatable bonds is 7. The molecule has 1 saturated heterocycles. The number of ether oxygens (including phenoxy) is 2. The molecular formula is C26H23ClFN5O3. The molecule has 0 saturated carbocycles. The normalized spacial score (nSPS) is 13.9. The van der Waals surface area contributed by atoms with Crippen LogP contribution in [0, 0.1) is 5.82 Å². The fourth-order valence-corrected chi connectivity index (χ4v) is 4.07. The van der Waals surface area contributed by atoms with Gasteiger partial charge >= 0.3 is 0 Å². The summed E-state index contributed by atoms with van der Waals surface area (Å²) >= 11 is 6.42. The zero-order valence-electron chi connectivity index (χ0n) is 19.2.